The lowest BCUT2D eigenvalue weighted by molar-refractivity contribution is -0.118. The van der Waals surface area contributed by atoms with E-state index in [9.17, 15) is 0 Å². The van der Waals surface area contributed by atoms with Gasteiger partial charge in [-0.15, -0.1) is 0 Å². The van der Waals surface area contributed by atoms with Crippen molar-refractivity contribution >= 4 is 0 Å². The van der Waals surface area contributed by atoms with Crippen LogP contribution in [0.1, 0.15) is 49.8 Å². The van der Waals surface area contributed by atoms with Crippen LogP contribution in [0.15, 0.2) is 48.5 Å². The van der Waals surface area contributed by atoms with Gasteiger partial charge in [0.2, 0.25) is 0 Å². The van der Waals surface area contributed by atoms with Crippen molar-refractivity contribution in [1.82, 2.24) is 19.2 Å². The summed E-state index contributed by atoms with van der Waals surface area (Å²) in [6, 6.07) is 16.0. The fourth-order valence-electron chi connectivity index (χ4n) is 4.75. The number of alkyl halides is 2. The molecule has 0 saturated carbocycles. The van der Waals surface area contributed by atoms with Gasteiger partial charge in [-0.05, 0) is 44.5 Å². The number of aryl methyl sites for hydroxylation is 2. The lowest BCUT2D eigenvalue weighted by Crippen LogP contribution is -2.49. The van der Waals surface area contributed by atoms with Gasteiger partial charge in [0.1, 0.15) is 0 Å². The average Bonchev–Trinajstić information content (AvgIpc) is 3.27. The number of aromatic nitrogens is 3. The van der Waals surface area contributed by atoms with Crippen molar-refractivity contribution in [3.63, 3.8) is 0 Å². The number of rotatable bonds is 5. The summed E-state index contributed by atoms with van der Waals surface area (Å²) in [7, 11) is 0. The first-order valence-corrected chi connectivity index (χ1v) is 11.4. The van der Waals surface area contributed by atoms with Crippen molar-refractivity contribution in [2.75, 3.05) is 13.1 Å². The minimum atomic E-state index is -2.76. The van der Waals surface area contributed by atoms with E-state index in [0.29, 0.717) is 19.5 Å². The zero-order valence-corrected chi connectivity index (χ0v) is 19.8. The van der Waals surface area contributed by atoms with Crippen molar-refractivity contribution in [3.8, 4) is 5.82 Å². The zero-order valence-electron chi connectivity index (χ0n) is 19.8. The molecule has 1 unspecified atom stereocenters. The molecule has 1 saturated heterocycles. The van der Waals surface area contributed by atoms with Gasteiger partial charge in [0.05, 0.1) is 6.54 Å². The molecule has 32 heavy (non-hydrogen) atoms. The van der Waals surface area contributed by atoms with E-state index in [0.717, 1.165) is 28.5 Å². The van der Waals surface area contributed by atoms with Crippen LogP contribution >= 0.6 is 0 Å². The van der Waals surface area contributed by atoms with Crippen LogP contribution in [0, 0.1) is 19.8 Å². The lowest BCUT2D eigenvalue weighted by Gasteiger charge is -2.38. The number of benzene rings is 1. The fraction of sp³-hybridized carbons (Fsp3) is 0.500. The molecular weight excluding hydrogens is 406 g/mol. The summed E-state index contributed by atoms with van der Waals surface area (Å²) in [6.07, 6.45) is 0.459. The molecule has 1 aliphatic rings. The maximum atomic E-state index is 15.3. The van der Waals surface area contributed by atoms with Crippen LogP contribution in [0.5, 0.6) is 0 Å². The van der Waals surface area contributed by atoms with Crippen LogP contribution in [0.25, 0.3) is 5.82 Å². The van der Waals surface area contributed by atoms with Crippen LogP contribution in [0.3, 0.4) is 0 Å². The Labute approximate surface area is 189 Å². The smallest absolute Gasteiger partial charge is 0.265 e. The summed E-state index contributed by atoms with van der Waals surface area (Å²) in [5.74, 6) is -2.68. The Kier molecular flexibility index (Phi) is 6.01. The predicted molar refractivity (Wildman–Crippen MR) is 125 cm³/mol. The second-order valence-electron chi connectivity index (χ2n) is 10.2. The zero-order chi connectivity index (χ0) is 23.1. The van der Waals surface area contributed by atoms with Crippen LogP contribution in [-0.4, -0.2) is 38.3 Å². The third kappa shape index (κ3) is 4.65. The molecule has 1 aliphatic heterocycles. The molecule has 1 fully saturated rings. The molecular formula is C26H34F2N4. The van der Waals surface area contributed by atoms with Gasteiger partial charge in [-0.3, -0.25) is 9.58 Å². The van der Waals surface area contributed by atoms with E-state index in [2.05, 4.69) is 43.5 Å². The normalized spacial score (nSPS) is 19.4. The van der Waals surface area contributed by atoms with Crippen molar-refractivity contribution in [1.29, 1.82) is 0 Å². The topological polar surface area (TPSA) is 26.0 Å². The highest BCUT2D eigenvalue weighted by Gasteiger charge is 2.45. The maximum Gasteiger partial charge on any atom is 0.265 e. The van der Waals surface area contributed by atoms with Crippen molar-refractivity contribution in [3.05, 3.63) is 71.2 Å². The summed E-state index contributed by atoms with van der Waals surface area (Å²) < 4.78 is 34.4. The standard InChI is InChI=1S/C26H34F2N4/c1-19-11-12-20(2)32(19)24-15-23(25(3,4)5)31(29-24)17-22-13-14-30(18-26(22,27)28)16-21-9-7-6-8-10-21/h6-12,15,22H,13-14,16-18H2,1-5H3. The molecule has 3 heterocycles. The second-order valence-corrected chi connectivity index (χ2v) is 10.2. The monoisotopic (exact) mass is 440 g/mol. The van der Waals surface area contributed by atoms with Gasteiger partial charge in [0.15, 0.2) is 5.82 Å². The SMILES string of the molecule is Cc1ccc(C)n1-c1cc(C(C)(C)C)n(CC2CCN(Cc3ccccc3)CC2(F)F)n1. The van der Waals surface area contributed by atoms with Crippen LogP contribution < -0.4 is 0 Å². The molecule has 6 heteroatoms. The number of piperidine rings is 1. The molecule has 2 aromatic heterocycles. The number of hydrogen-bond donors (Lipinski definition) is 0. The molecule has 1 atom stereocenters. The molecule has 4 nitrogen and oxygen atoms in total. The minimum absolute atomic E-state index is 0.191. The summed E-state index contributed by atoms with van der Waals surface area (Å²) >= 11 is 0. The fourth-order valence-corrected chi connectivity index (χ4v) is 4.75. The van der Waals surface area contributed by atoms with Crippen LogP contribution in [-0.2, 0) is 18.5 Å². The number of halogens is 2. The summed E-state index contributed by atoms with van der Waals surface area (Å²) in [4.78, 5) is 1.87. The van der Waals surface area contributed by atoms with Crippen molar-refractivity contribution in [2.24, 2.45) is 5.92 Å². The van der Waals surface area contributed by atoms with E-state index in [1.54, 1.807) is 0 Å². The van der Waals surface area contributed by atoms with Gasteiger partial charge in [0.25, 0.3) is 5.92 Å². The van der Waals surface area contributed by atoms with Gasteiger partial charge < -0.3 is 4.57 Å². The molecule has 0 bridgehead atoms. The van der Waals surface area contributed by atoms with Crippen LogP contribution in [0.2, 0.25) is 0 Å². The number of hydrogen-bond acceptors (Lipinski definition) is 2. The Bertz CT molecular complexity index is 1040. The van der Waals surface area contributed by atoms with E-state index in [4.69, 9.17) is 5.10 Å². The molecule has 3 aromatic rings. The molecule has 172 valence electrons. The van der Waals surface area contributed by atoms with Gasteiger partial charge >= 0.3 is 0 Å². The third-order valence-corrected chi connectivity index (χ3v) is 6.50. The largest absolute Gasteiger partial charge is 0.302 e. The van der Waals surface area contributed by atoms with Crippen molar-refractivity contribution in [2.45, 2.75) is 65.5 Å². The van der Waals surface area contributed by atoms with Gasteiger partial charge in [-0.25, -0.2) is 8.78 Å². The van der Waals surface area contributed by atoms with Gasteiger partial charge in [-0.1, -0.05) is 51.1 Å². The number of nitrogens with zero attached hydrogens (tertiary/aromatic N) is 4. The Morgan fingerprint density at radius 1 is 1.03 bits per heavy atom. The molecule has 1 aromatic carbocycles. The third-order valence-electron chi connectivity index (χ3n) is 6.50. The Morgan fingerprint density at radius 3 is 2.28 bits per heavy atom. The Hall–Kier alpha value is -2.47. The predicted octanol–water partition coefficient (Wildman–Crippen LogP) is 5.75. The van der Waals surface area contributed by atoms with E-state index in [1.807, 2.05) is 53.8 Å². The van der Waals surface area contributed by atoms with E-state index >= 15 is 8.78 Å². The van der Waals surface area contributed by atoms with Gasteiger partial charge in [-0.2, -0.15) is 5.10 Å². The molecule has 4 rings (SSSR count). The van der Waals surface area contributed by atoms with Gasteiger partial charge in [0, 0.05) is 47.6 Å². The van der Waals surface area contributed by atoms with E-state index < -0.39 is 11.8 Å². The first-order chi connectivity index (χ1) is 15.0. The Balaban J connectivity index is 1.56. The summed E-state index contributed by atoms with van der Waals surface area (Å²) in [6.45, 7) is 11.7. The van der Waals surface area contributed by atoms with Crippen LogP contribution in [0.4, 0.5) is 8.78 Å². The molecule has 0 N–H and O–H groups in total. The minimum Gasteiger partial charge on any atom is -0.302 e. The Morgan fingerprint density at radius 2 is 1.69 bits per heavy atom. The summed E-state index contributed by atoms with van der Waals surface area (Å²) in [5, 5.41) is 4.82. The maximum absolute atomic E-state index is 15.3. The highest BCUT2D eigenvalue weighted by Crippen LogP contribution is 2.36. The molecule has 0 radical (unpaired) electrons. The molecule has 0 aliphatic carbocycles. The first kappa shape index (κ1) is 22.7. The summed E-state index contributed by atoms with van der Waals surface area (Å²) in [5.41, 5.74) is 4.05. The second kappa shape index (κ2) is 8.47. The van der Waals surface area contributed by atoms with E-state index in [-0.39, 0.29) is 18.5 Å². The highest BCUT2D eigenvalue weighted by molar-refractivity contribution is 5.34. The number of likely N-dealkylation sites (tertiary alicyclic amines) is 1. The first-order valence-electron chi connectivity index (χ1n) is 11.4. The lowest BCUT2D eigenvalue weighted by atomic mass is 9.90. The quantitative estimate of drug-likeness (QED) is 0.505. The molecule has 0 amide bonds. The highest BCUT2D eigenvalue weighted by atomic mass is 19.3. The average molecular weight is 441 g/mol. The van der Waals surface area contributed by atoms with E-state index in [1.165, 1.54) is 0 Å². The van der Waals surface area contributed by atoms with Crippen molar-refractivity contribution < 1.29 is 8.78 Å². The molecule has 0 spiro atoms.